The number of nitrogens with one attached hydrogen (secondary N) is 2. The number of nitrogens with two attached hydrogens (primary N) is 1. The average Bonchev–Trinajstić information content (AvgIpc) is 2.73. The Labute approximate surface area is 167 Å². The molecular formula is C22H30N6. The van der Waals surface area contributed by atoms with Crippen LogP contribution in [0.15, 0.2) is 53.3 Å². The zero-order valence-corrected chi connectivity index (χ0v) is 17.0. The Balaban J connectivity index is 1.88. The van der Waals surface area contributed by atoms with E-state index in [-0.39, 0.29) is 0 Å². The maximum atomic E-state index is 7.12. The van der Waals surface area contributed by atoms with Crippen molar-refractivity contribution in [1.82, 2.24) is 20.4 Å². The lowest BCUT2D eigenvalue weighted by Crippen LogP contribution is -2.62. The van der Waals surface area contributed by atoms with Crippen LogP contribution in [0.5, 0.6) is 0 Å². The molecule has 4 rings (SSSR count). The van der Waals surface area contributed by atoms with Crippen molar-refractivity contribution in [2.24, 2.45) is 10.7 Å². The third-order valence-electron chi connectivity index (χ3n) is 5.68. The third-order valence-corrected chi connectivity index (χ3v) is 5.68. The molecule has 1 saturated heterocycles. The van der Waals surface area contributed by atoms with E-state index in [0.29, 0.717) is 0 Å². The second-order valence-electron chi connectivity index (χ2n) is 7.79. The molecule has 1 fully saturated rings. The van der Waals surface area contributed by atoms with Crippen LogP contribution in [-0.2, 0) is 0 Å². The minimum atomic E-state index is -0.911. The maximum Gasteiger partial charge on any atom is 0.202 e. The second-order valence-corrected chi connectivity index (χ2v) is 7.79. The lowest BCUT2D eigenvalue weighted by Gasteiger charge is -2.45. The molecule has 6 heteroatoms. The molecule has 1 atom stereocenters. The second kappa shape index (κ2) is 7.45. The molecule has 4 N–H and O–H groups in total. The van der Waals surface area contributed by atoms with Gasteiger partial charge in [0.25, 0.3) is 0 Å². The molecule has 0 saturated carbocycles. The van der Waals surface area contributed by atoms with Crippen molar-refractivity contribution >= 4 is 22.3 Å². The standard InChI is InChI=1S/C22H30N6/c1-24-20-19(18-12-11-16-9-5-6-10-17(16)15-18)22(23,26-21(25-20)27(2)3)28-13-7-4-8-14-28/h5-6,9-12,15,24H,4,7-8,13-14,23H2,1-3H3,(H,25,26). The Hall–Kier alpha value is -2.57. The largest absolute Gasteiger partial charge is 0.374 e. The molecule has 2 aromatic carbocycles. The maximum absolute atomic E-state index is 7.12. The van der Waals surface area contributed by atoms with E-state index in [4.69, 9.17) is 10.7 Å². The summed E-state index contributed by atoms with van der Waals surface area (Å²) in [5, 5.41) is 9.19. The Kier molecular flexibility index (Phi) is 5.00. The zero-order valence-electron chi connectivity index (χ0n) is 17.0. The van der Waals surface area contributed by atoms with Gasteiger partial charge in [-0.05, 0) is 35.2 Å². The normalized spacial score (nSPS) is 23.4. The van der Waals surface area contributed by atoms with Gasteiger partial charge in [-0.1, -0.05) is 42.8 Å². The Bertz CT molecular complexity index is 926. The van der Waals surface area contributed by atoms with Crippen LogP contribution in [0.4, 0.5) is 0 Å². The smallest absolute Gasteiger partial charge is 0.202 e. The van der Waals surface area contributed by atoms with Crippen molar-refractivity contribution in [2.75, 3.05) is 34.2 Å². The lowest BCUT2D eigenvalue weighted by atomic mass is 9.93. The van der Waals surface area contributed by atoms with E-state index in [9.17, 15) is 0 Å². The molecule has 2 aliphatic heterocycles. The number of benzene rings is 2. The molecule has 0 radical (unpaired) electrons. The summed E-state index contributed by atoms with van der Waals surface area (Å²) in [4.78, 5) is 9.30. The number of likely N-dealkylation sites (tertiary alicyclic amines) is 1. The van der Waals surface area contributed by atoms with E-state index in [1.54, 1.807) is 0 Å². The first-order valence-corrected chi connectivity index (χ1v) is 10.0. The number of rotatable bonds is 3. The van der Waals surface area contributed by atoms with Crippen LogP contribution in [-0.4, -0.2) is 55.8 Å². The van der Waals surface area contributed by atoms with Gasteiger partial charge >= 0.3 is 0 Å². The molecule has 0 spiro atoms. The van der Waals surface area contributed by atoms with Gasteiger partial charge in [0, 0.05) is 34.2 Å². The minimum absolute atomic E-state index is 0.766. The SMILES string of the molecule is CNC1=C(c2ccc3ccccc3c2)C(N)(N2CCCCC2)N=C(N(C)C)N1. The molecule has 2 heterocycles. The summed E-state index contributed by atoms with van der Waals surface area (Å²) in [6, 6.07) is 14.9. The summed E-state index contributed by atoms with van der Waals surface area (Å²) >= 11 is 0. The van der Waals surface area contributed by atoms with Crippen LogP contribution in [0.3, 0.4) is 0 Å². The first-order chi connectivity index (χ1) is 13.5. The number of guanidine groups is 1. The topological polar surface area (TPSA) is 68.9 Å². The quantitative estimate of drug-likeness (QED) is 0.765. The summed E-state index contributed by atoms with van der Waals surface area (Å²) < 4.78 is 0. The first kappa shape index (κ1) is 18.8. The van der Waals surface area contributed by atoms with Gasteiger partial charge in [-0.25, -0.2) is 4.99 Å². The first-order valence-electron chi connectivity index (χ1n) is 10.0. The predicted molar refractivity (Wildman–Crippen MR) is 117 cm³/mol. The summed E-state index contributed by atoms with van der Waals surface area (Å²) in [6.45, 7) is 1.91. The Morgan fingerprint density at radius 1 is 1.07 bits per heavy atom. The van der Waals surface area contributed by atoms with Crippen LogP contribution in [0.1, 0.15) is 24.8 Å². The fourth-order valence-electron chi connectivity index (χ4n) is 4.17. The van der Waals surface area contributed by atoms with Crippen LogP contribution in [0.2, 0.25) is 0 Å². The van der Waals surface area contributed by atoms with Crippen molar-refractivity contribution < 1.29 is 0 Å². The van der Waals surface area contributed by atoms with Crippen LogP contribution < -0.4 is 16.4 Å². The molecule has 0 amide bonds. The van der Waals surface area contributed by atoms with Crippen LogP contribution in [0.25, 0.3) is 16.3 Å². The number of aliphatic imine (C=N–C) groups is 1. The predicted octanol–water partition coefficient (Wildman–Crippen LogP) is 2.35. The molecule has 1 unspecified atom stereocenters. The molecule has 2 aromatic rings. The van der Waals surface area contributed by atoms with Crippen LogP contribution >= 0.6 is 0 Å². The highest BCUT2D eigenvalue weighted by Gasteiger charge is 2.43. The highest BCUT2D eigenvalue weighted by molar-refractivity contribution is 5.93. The van der Waals surface area contributed by atoms with Gasteiger partial charge in [0.2, 0.25) is 5.96 Å². The number of piperidine rings is 1. The summed E-state index contributed by atoms with van der Waals surface area (Å²) in [7, 11) is 5.89. The van der Waals surface area contributed by atoms with Gasteiger partial charge < -0.3 is 15.5 Å². The highest BCUT2D eigenvalue weighted by Crippen LogP contribution is 2.36. The Morgan fingerprint density at radius 2 is 1.79 bits per heavy atom. The monoisotopic (exact) mass is 378 g/mol. The van der Waals surface area contributed by atoms with E-state index < -0.39 is 5.79 Å². The van der Waals surface area contributed by atoms with Gasteiger partial charge in [0.1, 0.15) is 5.82 Å². The fraction of sp³-hybridized carbons (Fsp3) is 0.409. The molecule has 0 aromatic heterocycles. The van der Waals surface area contributed by atoms with Gasteiger partial charge in [-0.3, -0.25) is 10.6 Å². The van der Waals surface area contributed by atoms with Gasteiger partial charge in [-0.2, -0.15) is 0 Å². The van der Waals surface area contributed by atoms with E-state index in [2.05, 4.69) is 58.0 Å². The van der Waals surface area contributed by atoms with E-state index >= 15 is 0 Å². The molecule has 0 aliphatic carbocycles. The van der Waals surface area contributed by atoms with Crippen molar-refractivity contribution in [3.8, 4) is 0 Å². The molecule has 0 bridgehead atoms. The van der Waals surface area contributed by atoms with E-state index in [1.807, 2.05) is 26.0 Å². The van der Waals surface area contributed by atoms with Gasteiger partial charge in [0.05, 0.1) is 5.57 Å². The number of nitrogens with zero attached hydrogens (tertiary/aromatic N) is 3. The summed E-state index contributed by atoms with van der Waals surface area (Å²) in [6.07, 6.45) is 3.56. The zero-order chi connectivity index (χ0) is 19.7. The van der Waals surface area contributed by atoms with E-state index in [1.165, 1.54) is 17.2 Å². The molecule has 2 aliphatic rings. The average molecular weight is 379 g/mol. The van der Waals surface area contributed by atoms with E-state index in [0.717, 1.165) is 48.8 Å². The molecule has 28 heavy (non-hydrogen) atoms. The Morgan fingerprint density at radius 3 is 2.46 bits per heavy atom. The fourth-order valence-corrected chi connectivity index (χ4v) is 4.17. The number of hydrogen-bond acceptors (Lipinski definition) is 6. The molecule has 6 nitrogen and oxygen atoms in total. The molecular weight excluding hydrogens is 348 g/mol. The van der Waals surface area contributed by atoms with Crippen molar-refractivity contribution in [2.45, 2.75) is 25.0 Å². The number of fused-ring (bicyclic) bond motifs is 1. The van der Waals surface area contributed by atoms with Crippen molar-refractivity contribution in [3.63, 3.8) is 0 Å². The molecule has 148 valence electrons. The van der Waals surface area contributed by atoms with Crippen molar-refractivity contribution in [1.29, 1.82) is 0 Å². The van der Waals surface area contributed by atoms with Crippen LogP contribution in [0, 0.1) is 0 Å². The highest BCUT2D eigenvalue weighted by atomic mass is 15.4. The van der Waals surface area contributed by atoms with Crippen molar-refractivity contribution in [3.05, 3.63) is 53.8 Å². The van der Waals surface area contributed by atoms with Gasteiger partial charge in [0.15, 0.2) is 5.79 Å². The van der Waals surface area contributed by atoms with Gasteiger partial charge in [-0.15, -0.1) is 0 Å². The number of hydrogen-bond donors (Lipinski definition) is 3. The minimum Gasteiger partial charge on any atom is -0.374 e. The lowest BCUT2D eigenvalue weighted by molar-refractivity contribution is 0.119. The summed E-state index contributed by atoms with van der Waals surface area (Å²) in [5.41, 5.74) is 9.20. The summed E-state index contributed by atoms with van der Waals surface area (Å²) in [5.74, 6) is 0.760. The third kappa shape index (κ3) is 3.23.